The van der Waals surface area contributed by atoms with Crippen LogP contribution in [0, 0.1) is 11.8 Å². The van der Waals surface area contributed by atoms with Crippen molar-refractivity contribution in [1.82, 2.24) is 4.31 Å². The molecule has 7 heteroatoms. The van der Waals surface area contributed by atoms with Crippen LogP contribution in [0.25, 0.3) is 0 Å². The van der Waals surface area contributed by atoms with Crippen molar-refractivity contribution >= 4 is 27.3 Å². The van der Waals surface area contributed by atoms with Crippen LogP contribution in [-0.2, 0) is 10.0 Å². The molecule has 0 amide bonds. The molecule has 1 aliphatic rings. The minimum Gasteiger partial charge on any atom is -0.477 e. The fourth-order valence-corrected chi connectivity index (χ4v) is 5.85. The molecule has 2 rings (SSSR count). The number of thiophene rings is 1. The standard InChI is InChI=1S/C13H19NO4S2/c1-8-6-9(2)10(3)14(7-8)20(17,18)11-4-5-19-12(11)13(15)16/h4-5,8-10H,6-7H2,1-3H3,(H,15,16). The van der Waals surface area contributed by atoms with Gasteiger partial charge in [-0.05, 0) is 36.6 Å². The molecule has 0 aliphatic carbocycles. The molecule has 1 fully saturated rings. The van der Waals surface area contributed by atoms with Gasteiger partial charge in [-0.2, -0.15) is 4.31 Å². The van der Waals surface area contributed by atoms with Crippen LogP contribution in [0.15, 0.2) is 16.3 Å². The minimum atomic E-state index is -3.75. The number of aromatic carboxylic acids is 1. The third-order valence-corrected chi connectivity index (χ3v) is 6.98. The van der Waals surface area contributed by atoms with Gasteiger partial charge in [-0.1, -0.05) is 13.8 Å². The quantitative estimate of drug-likeness (QED) is 0.929. The molecule has 3 atom stereocenters. The van der Waals surface area contributed by atoms with Crippen LogP contribution < -0.4 is 0 Å². The maximum absolute atomic E-state index is 12.7. The summed E-state index contributed by atoms with van der Waals surface area (Å²) in [6.07, 6.45) is 0.989. The van der Waals surface area contributed by atoms with Gasteiger partial charge >= 0.3 is 5.97 Å². The first-order valence-electron chi connectivity index (χ1n) is 6.57. The molecular formula is C13H19NO4S2. The highest BCUT2D eigenvalue weighted by molar-refractivity contribution is 7.89. The first-order chi connectivity index (χ1) is 9.25. The Morgan fingerprint density at radius 1 is 1.40 bits per heavy atom. The molecule has 1 N–H and O–H groups in total. The second kappa shape index (κ2) is 5.46. The Kier molecular flexibility index (Phi) is 4.22. The zero-order valence-corrected chi connectivity index (χ0v) is 13.4. The molecule has 0 spiro atoms. The topological polar surface area (TPSA) is 74.7 Å². The molecule has 112 valence electrons. The number of sulfonamides is 1. The molecule has 1 aromatic heterocycles. The molecule has 1 saturated heterocycles. The average molecular weight is 317 g/mol. The Bertz CT molecular complexity index is 608. The molecule has 0 radical (unpaired) electrons. The number of rotatable bonds is 3. The van der Waals surface area contributed by atoms with E-state index in [0.717, 1.165) is 17.8 Å². The van der Waals surface area contributed by atoms with Crippen LogP contribution in [0.1, 0.15) is 36.9 Å². The second-order valence-corrected chi connectivity index (χ2v) is 8.33. The third-order valence-electron chi connectivity index (χ3n) is 3.95. The van der Waals surface area contributed by atoms with Gasteiger partial charge in [-0.3, -0.25) is 0 Å². The number of hydrogen-bond acceptors (Lipinski definition) is 4. The molecule has 5 nitrogen and oxygen atoms in total. The Balaban J connectivity index is 2.44. The van der Waals surface area contributed by atoms with E-state index in [1.165, 1.54) is 15.8 Å². The lowest BCUT2D eigenvalue weighted by Gasteiger charge is -2.39. The van der Waals surface area contributed by atoms with E-state index in [1.54, 1.807) is 0 Å². The maximum Gasteiger partial charge on any atom is 0.347 e. The summed E-state index contributed by atoms with van der Waals surface area (Å²) in [4.78, 5) is 11.0. The summed E-state index contributed by atoms with van der Waals surface area (Å²) in [6.45, 7) is 6.40. The smallest absolute Gasteiger partial charge is 0.347 e. The number of carbonyl (C=O) groups is 1. The Hall–Kier alpha value is -0.920. The first kappa shape index (κ1) is 15.5. The second-order valence-electron chi connectivity index (χ2n) is 5.55. The molecular weight excluding hydrogens is 298 g/mol. The lowest BCUT2D eigenvalue weighted by atomic mass is 9.88. The zero-order chi connectivity index (χ0) is 15.1. The lowest BCUT2D eigenvalue weighted by molar-refractivity contribution is 0.0698. The molecule has 2 heterocycles. The van der Waals surface area contributed by atoms with Crippen LogP contribution >= 0.6 is 11.3 Å². The Labute approximate surface area is 123 Å². The minimum absolute atomic E-state index is 0.0804. The summed E-state index contributed by atoms with van der Waals surface area (Å²) in [5, 5.41) is 10.6. The maximum atomic E-state index is 12.7. The first-order valence-corrected chi connectivity index (χ1v) is 8.89. The van der Waals surface area contributed by atoms with Gasteiger partial charge in [0.05, 0.1) is 0 Å². The van der Waals surface area contributed by atoms with E-state index in [2.05, 4.69) is 0 Å². The fraction of sp³-hybridized carbons (Fsp3) is 0.615. The SMILES string of the molecule is CC1CC(C)C(C)N(S(=O)(=O)c2ccsc2C(=O)O)C1. The van der Waals surface area contributed by atoms with Crippen molar-refractivity contribution in [2.75, 3.05) is 6.54 Å². The summed E-state index contributed by atoms with van der Waals surface area (Å²) in [6, 6.07) is 1.28. The molecule has 0 bridgehead atoms. The van der Waals surface area contributed by atoms with Gasteiger partial charge in [0.1, 0.15) is 9.77 Å². The summed E-state index contributed by atoms with van der Waals surface area (Å²) < 4.78 is 26.9. The van der Waals surface area contributed by atoms with E-state index < -0.39 is 16.0 Å². The highest BCUT2D eigenvalue weighted by Gasteiger charge is 2.39. The van der Waals surface area contributed by atoms with E-state index in [-0.39, 0.29) is 27.7 Å². The third kappa shape index (κ3) is 2.62. The largest absolute Gasteiger partial charge is 0.477 e. The van der Waals surface area contributed by atoms with Gasteiger partial charge < -0.3 is 5.11 Å². The summed E-state index contributed by atoms with van der Waals surface area (Å²) in [5.74, 6) is -0.646. The summed E-state index contributed by atoms with van der Waals surface area (Å²) in [7, 11) is -3.75. The molecule has 1 aromatic rings. The van der Waals surface area contributed by atoms with Crippen molar-refractivity contribution in [2.45, 2.75) is 38.1 Å². The van der Waals surface area contributed by atoms with E-state index in [1.807, 2.05) is 20.8 Å². The number of carboxylic acid groups (broad SMARTS) is 1. The number of carboxylic acids is 1. The van der Waals surface area contributed by atoms with Crippen molar-refractivity contribution in [2.24, 2.45) is 11.8 Å². The van der Waals surface area contributed by atoms with Crippen molar-refractivity contribution in [3.63, 3.8) is 0 Å². The van der Waals surface area contributed by atoms with Crippen LogP contribution in [0.3, 0.4) is 0 Å². The fourth-order valence-electron chi connectivity index (χ4n) is 2.76. The monoisotopic (exact) mass is 317 g/mol. The van der Waals surface area contributed by atoms with E-state index in [0.29, 0.717) is 6.54 Å². The van der Waals surface area contributed by atoms with Crippen molar-refractivity contribution < 1.29 is 18.3 Å². The normalized spacial score (nSPS) is 28.4. The molecule has 0 saturated carbocycles. The molecule has 1 aliphatic heterocycles. The Morgan fingerprint density at radius 3 is 2.65 bits per heavy atom. The van der Waals surface area contributed by atoms with Gasteiger partial charge in [0.15, 0.2) is 0 Å². The van der Waals surface area contributed by atoms with Gasteiger partial charge in [0, 0.05) is 12.6 Å². The van der Waals surface area contributed by atoms with E-state index in [4.69, 9.17) is 5.11 Å². The van der Waals surface area contributed by atoms with Gasteiger partial charge in [0.2, 0.25) is 10.0 Å². The summed E-state index contributed by atoms with van der Waals surface area (Å²) in [5.41, 5.74) is 0. The van der Waals surface area contributed by atoms with Crippen molar-refractivity contribution in [1.29, 1.82) is 0 Å². The predicted octanol–water partition coefficient (Wildman–Crippen LogP) is 2.50. The van der Waals surface area contributed by atoms with Gasteiger partial charge in [-0.15, -0.1) is 11.3 Å². The van der Waals surface area contributed by atoms with Crippen molar-refractivity contribution in [3.05, 3.63) is 16.3 Å². The van der Waals surface area contributed by atoms with E-state index in [9.17, 15) is 13.2 Å². The zero-order valence-electron chi connectivity index (χ0n) is 11.7. The number of piperidine rings is 1. The Morgan fingerprint density at radius 2 is 2.05 bits per heavy atom. The summed E-state index contributed by atoms with van der Waals surface area (Å²) >= 11 is 0.946. The molecule has 3 unspecified atom stereocenters. The van der Waals surface area contributed by atoms with Crippen LogP contribution in [-0.4, -0.2) is 36.4 Å². The van der Waals surface area contributed by atoms with E-state index >= 15 is 0 Å². The average Bonchev–Trinajstić information content (AvgIpc) is 2.83. The van der Waals surface area contributed by atoms with Crippen LogP contribution in [0.5, 0.6) is 0 Å². The highest BCUT2D eigenvalue weighted by atomic mass is 32.2. The lowest BCUT2D eigenvalue weighted by Crippen LogP contribution is -2.48. The van der Waals surface area contributed by atoms with Gasteiger partial charge in [-0.25, -0.2) is 13.2 Å². The molecule has 20 heavy (non-hydrogen) atoms. The highest BCUT2D eigenvalue weighted by Crippen LogP contribution is 2.33. The number of nitrogens with zero attached hydrogens (tertiary/aromatic N) is 1. The number of hydrogen-bond donors (Lipinski definition) is 1. The van der Waals surface area contributed by atoms with Crippen LogP contribution in [0.4, 0.5) is 0 Å². The van der Waals surface area contributed by atoms with Gasteiger partial charge in [0.25, 0.3) is 0 Å². The molecule has 0 aromatic carbocycles. The predicted molar refractivity (Wildman–Crippen MR) is 77.6 cm³/mol. The van der Waals surface area contributed by atoms with Crippen LogP contribution in [0.2, 0.25) is 0 Å². The van der Waals surface area contributed by atoms with Crippen molar-refractivity contribution in [3.8, 4) is 0 Å².